The predicted molar refractivity (Wildman–Crippen MR) is 171 cm³/mol. The molecule has 12 nitrogen and oxygen atoms in total. The van der Waals surface area contributed by atoms with Crippen LogP contribution in [0.3, 0.4) is 0 Å². The Balaban J connectivity index is 1.29. The second-order valence-corrected chi connectivity index (χ2v) is 14.6. The van der Waals surface area contributed by atoms with Crippen molar-refractivity contribution in [3.8, 4) is 11.4 Å². The van der Waals surface area contributed by atoms with Gasteiger partial charge in [0.2, 0.25) is 10.0 Å². The van der Waals surface area contributed by atoms with Gasteiger partial charge in [-0.2, -0.15) is 9.40 Å². The number of hydrogen-bond donors (Lipinski definition) is 2. The maximum atomic E-state index is 12.0. The normalized spacial score (nSPS) is 17.2. The number of piperazine rings is 1. The lowest BCUT2D eigenvalue weighted by Gasteiger charge is -2.32. The average molecular weight is 642 g/mol. The van der Waals surface area contributed by atoms with E-state index in [4.69, 9.17) is 19.8 Å². The van der Waals surface area contributed by atoms with E-state index in [2.05, 4.69) is 32.1 Å². The monoisotopic (exact) mass is 641 g/mol. The van der Waals surface area contributed by atoms with Crippen LogP contribution < -0.4 is 4.90 Å². The fraction of sp³-hybridized carbons (Fsp3) is 0.533. The van der Waals surface area contributed by atoms with Gasteiger partial charge in [0.1, 0.15) is 6.61 Å². The first kappa shape index (κ1) is 31.0. The summed E-state index contributed by atoms with van der Waals surface area (Å²) in [5.74, 6) is 1.46. The van der Waals surface area contributed by atoms with Crippen molar-refractivity contribution in [1.29, 1.82) is 0 Å². The SMILES string of the molecule is CS(=O)(=O)N1CCN(Cc2cc3nc(-c4cccc5n[nH]c(CCCCCC(=O)CO)c45)nc(N4CCOCC4)c3s2)CC1. The standard InChI is InChI=1S/C30H39N7O5S2/c1-44(40,41)37-12-10-35(11-13-37)19-22-18-26-28(43-22)30(36-14-16-42-17-15-36)32-29(31-26)23-7-5-9-25-27(23)24(33-34-25)8-4-2-3-6-21(39)20-38/h5,7,9,18,38H,2-4,6,8,10-17,19-20H2,1H3,(H,33,34). The number of Topliss-reactive ketones (excluding diaryl/α,β-unsaturated/α-hetero) is 1. The lowest BCUT2D eigenvalue weighted by molar-refractivity contribution is -0.121. The molecule has 236 valence electrons. The Hall–Kier alpha value is -3.01. The third-order valence-electron chi connectivity index (χ3n) is 8.35. The number of benzene rings is 1. The van der Waals surface area contributed by atoms with Crippen LogP contribution in [0.15, 0.2) is 24.3 Å². The molecule has 0 saturated carbocycles. The largest absolute Gasteiger partial charge is 0.389 e. The number of nitrogens with zero attached hydrogens (tertiary/aromatic N) is 6. The number of ketones is 1. The summed E-state index contributed by atoms with van der Waals surface area (Å²) in [6.45, 7) is 5.55. The molecule has 0 bridgehead atoms. The summed E-state index contributed by atoms with van der Waals surface area (Å²) in [6.07, 6.45) is 5.01. The summed E-state index contributed by atoms with van der Waals surface area (Å²) in [5, 5.41) is 17.8. The van der Waals surface area contributed by atoms with Crippen LogP contribution in [0.25, 0.3) is 32.5 Å². The highest BCUT2D eigenvalue weighted by molar-refractivity contribution is 7.88. The summed E-state index contributed by atoms with van der Waals surface area (Å²) >= 11 is 1.71. The van der Waals surface area contributed by atoms with Crippen LogP contribution in [-0.2, 0) is 32.5 Å². The molecule has 0 atom stereocenters. The fourth-order valence-corrected chi connectivity index (χ4v) is 7.95. The number of aromatic amines is 1. The number of rotatable bonds is 12. The first-order chi connectivity index (χ1) is 21.3. The molecule has 0 spiro atoms. The topological polar surface area (TPSA) is 145 Å². The lowest BCUT2D eigenvalue weighted by Crippen LogP contribution is -2.47. The van der Waals surface area contributed by atoms with Crippen LogP contribution in [0.2, 0.25) is 0 Å². The Morgan fingerprint density at radius 2 is 1.84 bits per heavy atom. The van der Waals surface area contributed by atoms with Gasteiger partial charge >= 0.3 is 0 Å². The van der Waals surface area contributed by atoms with Crippen molar-refractivity contribution in [2.75, 3.05) is 70.2 Å². The van der Waals surface area contributed by atoms with Crippen LogP contribution in [0, 0.1) is 0 Å². The maximum absolute atomic E-state index is 12.0. The molecule has 0 aliphatic carbocycles. The molecule has 3 aromatic heterocycles. The highest BCUT2D eigenvalue weighted by atomic mass is 32.2. The number of ether oxygens (including phenoxy) is 1. The van der Waals surface area contributed by atoms with Crippen molar-refractivity contribution in [2.24, 2.45) is 0 Å². The van der Waals surface area contributed by atoms with Crippen LogP contribution in [-0.4, -0.2) is 114 Å². The molecule has 5 heterocycles. The van der Waals surface area contributed by atoms with Crippen molar-refractivity contribution in [1.82, 2.24) is 29.4 Å². The smallest absolute Gasteiger partial charge is 0.211 e. The van der Waals surface area contributed by atoms with E-state index < -0.39 is 10.0 Å². The predicted octanol–water partition coefficient (Wildman–Crippen LogP) is 2.81. The summed E-state index contributed by atoms with van der Waals surface area (Å²) in [7, 11) is -3.17. The summed E-state index contributed by atoms with van der Waals surface area (Å²) in [5.41, 5.74) is 3.73. The van der Waals surface area contributed by atoms with Gasteiger partial charge in [0.25, 0.3) is 0 Å². The Morgan fingerprint density at radius 3 is 2.59 bits per heavy atom. The van der Waals surface area contributed by atoms with E-state index in [-0.39, 0.29) is 12.4 Å². The number of aryl methyl sites for hydroxylation is 1. The quantitative estimate of drug-likeness (QED) is 0.222. The number of hydrogen-bond acceptors (Lipinski definition) is 11. The van der Waals surface area contributed by atoms with E-state index in [1.165, 1.54) is 11.1 Å². The van der Waals surface area contributed by atoms with Crippen molar-refractivity contribution < 1.29 is 23.1 Å². The number of thiophene rings is 1. The minimum absolute atomic E-state index is 0.117. The minimum Gasteiger partial charge on any atom is -0.389 e. The summed E-state index contributed by atoms with van der Waals surface area (Å²) < 4.78 is 32.2. The first-order valence-electron chi connectivity index (χ1n) is 15.2. The second kappa shape index (κ2) is 13.5. The molecule has 2 saturated heterocycles. The molecule has 0 radical (unpaired) electrons. The van der Waals surface area contributed by atoms with Gasteiger partial charge < -0.3 is 14.7 Å². The molecule has 2 fully saturated rings. The number of morpholine rings is 1. The molecule has 6 rings (SSSR count). The third-order valence-corrected chi connectivity index (χ3v) is 10.8. The number of unbranched alkanes of at least 4 members (excludes halogenated alkanes) is 2. The van der Waals surface area contributed by atoms with Gasteiger partial charge in [0.05, 0.1) is 35.2 Å². The summed E-state index contributed by atoms with van der Waals surface area (Å²) in [4.78, 5) is 27.5. The van der Waals surface area contributed by atoms with E-state index in [9.17, 15) is 13.2 Å². The van der Waals surface area contributed by atoms with Gasteiger partial charge in [-0.15, -0.1) is 11.3 Å². The molecular formula is C30H39N7O5S2. The number of H-pyrrole nitrogens is 1. The van der Waals surface area contributed by atoms with Crippen LogP contribution in [0.1, 0.15) is 36.3 Å². The number of aromatic nitrogens is 4. The molecule has 0 unspecified atom stereocenters. The van der Waals surface area contributed by atoms with Gasteiger partial charge in [-0.25, -0.2) is 18.4 Å². The first-order valence-corrected chi connectivity index (χ1v) is 17.9. The third kappa shape index (κ3) is 6.95. The van der Waals surface area contributed by atoms with Crippen LogP contribution >= 0.6 is 11.3 Å². The van der Waals surface area contributed by atoms with Gasteiger partial charge in [-0.3, -0.25) is 14.8 Å². The zero-order chi connectivity index (χ0) is 30.7. The zero-order valence-electron chi connectivity index (χ0n) is 25.0. The molecule has 44 heavy (non-hydrogen) atoms. The maximum Gasteiger partial charge on any atom is 0.211 e. The van der Waals surface area contributed by atoms with Crippen molar-refractivity contribution in [2.45, 2.75) is 38.6 Å². The molecule has 0 amide bonds. The minimum atomic E-state index is -3.17. The number of aliphatic hydroxyl groups excluding tert-OH is 1. The van der Waals surface area contributed by atoms with Crippen LogP contribution in [0.4, 0.5) is 5.82 Å². The Labute approximate surface area is 261 Å². The average Bonchev–Trinajstić information content (AvgIpc) is 3.64. The summed E-state index contributed by atoms with van der Waals surface area (Å²) in [6, 6.07) is 8.19. The number of nitrogens with one attached hydrogen (secondary N) is 1. The van der Waals surface area contributed by atoms with Crippen molar-refractivity contribution >= 4 is 54.1 Å². The Kier molecular flexibility index (Phi) is 9.54. The number of carbonyl (C=O) groups excluding carboxylic acids is 1. The molecular weight excluding hydrogens is 603 g/mol. The van der Waals surface area contributed by atoms with Gasteiger partial charge in [0.15, 0.2) is 17.4 Å². The number of fused-ring (bicyclic) bond motifs is 2. The molecule has 2 aliphatic heterocycles. The molecule has 4 aromatic rings. The second-order valence-electron chi connectivity index (χ2n) is 11.5. The van der Waals surface area contributed by atoms with Crippen molar-refractivity contribution in [3.05, 3.63) is 34.8 Å². The fourth-order valence-electron chi connectivity index (χ4n) is 5.97. The van der Waals surface area contributed by atoms with E-state index in [0.29, 0.717) is 51.6 Å². The van der Waals surface area contributed by atoms with Crippen molar-refractivity contribution in [3.63, 3.8) is 0 Å². The van der Waals surface area contributed by atoms with Gasteiger partial charge in [-0.05, 0) is 31.4 Å². The van der Waals surface area contributed by atoms with Crippen LogP contribution in [0.5, 0.6) is 0 Å². The molecule has 14 heteroatoms. The highest BCUT2D eigenvalue weighted by Crippen LogP contribution is 2.37. The Bertz CT molecular complexity index is 1720. The number of aliphatic hydroxyl groups is 1. The molecule has 1 aromatic carbocycles. The highest BCUT2D eigenvalue weighted by Gasteiger charge is 2.25. The van der Waals surface area contributed by atoms with Gasteiger partial charge in [-0.1, -0.05) is 18.6 Å². The van der Waals surface area contributed by atoms with E-state index in [0.717, 1.165) is 83.5 Å². The number of sulfonamides is 1. The molecule has 2 N–H and O–H groups in total. The number of anilines is 1. The zero-order valence-corrected chi connectivity index (χ0v) is 26.6. The number of carbonyl (C=O) groups is 1. The molecule has 2 aliphatic rings. The van der Waals surface area contributed by atoms with E-state index >= 15 is 0 Å². The lowest BCUT2D eigenvalue weighted by atomic mass is 10.0. The van der Waals surface area contributed by atoms with E-state index in [1.807, 2.05) is 12.1 Å². The van der Waals surface area contributed by atoms with E-state index in [1.54, 1.807) is 15.6 Å². The van der Waals surface area contributed by atoms with Gasteiger partial charge in [0, 0.05) is 73.8 Å². The Morgan fingerprint density at radius 1 is 1.05 bits per heavy atom.